The van der Waals surface area contributed by atoms with Crippen LogP contribution in [-0.4, -0.2) is 30.9 Å². The first-order chi connectivity index (χ1) is 4.89. The Morgan fingerprint density at radius 3 is 2.27 bits per heavy atom. The lowest BCUT2D eigenvalue weighted by Gasteiger charge is -2.14. The number of rotatable bonds is 4. The molecule has 0 aliphatic rings. The molecule has 0 aromatic heterocycles. The van der Waals surface area contributed by atoms with Gasteiger partial charge in [0.1, 0.15) is 5.21 Å². The largest absolute Gasteiger partial charge is 0.392 e. The van der Waals surface area contributed by atoms with E-state index < -0.39 is 27.4 Å². The zero-order valence-electron chi connectivity index (χ0n) is 6.41. The smallest absolute Gasteiger partial charge is 0.225 e. The first-order valence-corrected chi connectivity index (χ1v) is 5.32. The third-order valence-electron chi connectivity index (χ3n) is 1.23. The van der Waals surface area contributed by atoms with Gasteiger partial charge in [0, 0.05) is 6.04 Å². The number of sulfonamides is 1. The first kappa shape index (κ1) is 11.2. The van der Waals surface area contributed by atoms with Gasteiger partial charge in [-0.1, -0.05) is 0 Å². The summed E-state index contributed by atoms with van der Waals surface area (Å²) in [6.07, 6.45) is -0.715. The van der Waals surface area contributed by atoms with Crippen molar-refractivity contribution in [2.24, 2.45) is 0 Å². The van der Waals surface area contributed by atoms with Crippen LogP contribution in [0, 0.1) is 0 Å². The van der Waals surface area contributed by atoms with Crippen molar-refractivity contribution in [3.8, 4) is 0 Å². The standard InChI is InChI=1S/C5H12ClNO3S/c1-4(5(2)8)7-11(9,10)3-6/h4-5,7-8H,3H2,1-2H3. The zero-order chi connectivity index (χ0) is 9.07. The highest BCUT2D eigenvalue weighted by atomic mass is 35.5. The lowest BCUT2D eigenvalue weighted by molar-refractivity contribution is 0.163. The number of aliphatic hydroxyl groups is 1. The predicted octanol–water partition coefficient (Wildman–Crippen LogP) is -0.129. The van der Waals surface area contributed by atoms with E-state index in [4.69, 9.17) is 16.7 Å². The summed E-state index contributed by atoms with van der Waals surface area (Å²) >= 11 is 5.11. The highest BCUT2D eigenvalue weighted by Gasteiger charge is 2.15. The van der Waals surface area contributed by atoms with E-state index in [-0.39, 0.29) is 0 Å². The fraction of sp³-hybridized carbons (Fsp3) is 1.00. The van der Waals surface area contributed by atoms with Gasteiger partial charge in [0.15, 0.2) is 0 Å². The van der Waals surface area contributed by atoms with Crippen LogP contribution >= 0.6 is 11.6 Å². The molecule has 0 aliphatic carbocycles. The monoisotopic (exact) mass is 201 g/mol. The van der Waals surface area contributed by atoms with Gasteiger partial charge in [-0.25, -0.2) is 13.1 Å². The summed E-state index contributed by atoms with van der Waals surface area (Å²) in [7, 11) is -3.41. The van der Waals surface area contributed by atoms with Gasteiger partial charge in [-0.2, -0.15) is 0 Å². The third-order valence-corrected chi connectivity index (χ3v) is 3.11. The summed E-state index contributed by atoms with van der Waals surface area (Å²) in [6, 6.07) is -0.501. The number of alkyl halides is 1. The Kier molecular flexibility index (Phi) is 4.31. The Balaban J connectivity index is 4.05. The van der Waals surface area contributed by atoms with Crippen molar-refractivity contribution < 1.29 is 13.5 Å². The minimum Gasteiger partial charge on any atom is -0.392 e. The second kappa shape index (κ2) is 4.25. The van der Waals surface area contributed by atoms with Gasteiger partial charge >= 0.3 is 0 Å². The summed E-state index contributed by atoms with van der Waals surface area (Å²) in [4.78, 5) is 0. The molecule has 0 saturated heterocycles. The number of hydrogen-bond acceptors (Lipinski definition) is 3. The van der Waals surface area contributed by atoms with Crippen molar-refractivity contribution in [3.05, 3.63) is 0 Å². The van der Waals surface area contributed by atoms with Gasteiger partial charge in [-0.15, -0.1) is 11.6 Å². The van der Waals surface area contributed by atoms with E-state index in [1.165, 1.54) is 6.92 Å². The molecule has 0 fully saturated rings. The Labute approximate surface area is 71.6 Å². The number of halogens is 1. The Hall–Kier alpha value is 0.160. The Bertz CT molecular complexity index is 202. The van der Waals surface area contributed by atoms with Gasteiger partial charge < -0.3 is 5.11 Å². The molecule has 0 aromatic carbocycles. The van der Waals surface area contributed by atoms with Crippen molar-refractivity contribution >= 4 is 21.6 Å². The lowest BCUT2D eigenvalue weighted by atomic mass is 10.2. The molecule has 0 aromatic rings. The highest BCUT2D eigenvalue weighted by Crippen LogP contribution is 1.95. The SMILES string of the molecule is CC(O)C(C)NS(=O)(=O)CCl. The zero-order valence-corrected chi connectivity index (χ0v) is 7.98. The molecule has 0 saturated carbocycles. The van der Waals surface area contributed by atoms with Crippen molar-refractivity contribution in [1.29, 1.82) is 0 Å². The molecule has 2 atom stereocenters. The van der Waals surface area contributed by atoms with E-state index in [9.17, 15) is 8.42 Å². The van der Waals surface area contributed by atoms with E-state index in [0.29, 0.717) is 0 Å². The molecular weight excluding hydrogens is 190 g/mol. The molecule has 6 heteroatoms. The van der Waals surface area contributed by atoms with E-state index in [1.54, 1.807) is 6.92 Å². The third kappa shape index (κ3) is 4.58. The van der Waals surface area contributed by atoms with Crippen LogP contribution in [0.3, 0.4) is 0 Å². The topological polar surface area (TPSA) is 66.4 Å². The Morgan fingerprint density at radius 1 is 1.55 bits per heavy atom. The lowest BCUT2D eigenvalue weighted by Crippen LogP contribution is -2.40. The molecule has 0 spiro atoms. The van der Waals surface area contributed by atoms with E-state index in [1.807, 2.05) is 0 Å². The molecule has 2 unspecified atom stereocenters. The van der Waals surface area contributed by atoms with Gasteiger partial charge in [-0.05, 0) is 13.8 Å². The molecule has 11 heavy (non-hydrogen) atoms. The Morgan fingerprint density at radius 2 is 2.00 bits per heavy atom. The molecule has 68 valence electrons. The molecule has 0 heterocycles. The number of nitrogens with one attached hydrogen (secondary N) is 1. The predicted molar refractivity (Wildman–Crippen MR) is 43.9 cm³/mol. The van der Waals surface area contributed by atoms with Gasteiger partial charge in [0.05, 0.1) is 6.10 Å². The van der Waals surface area contributed by atoms with E-state index >= 15 is 0 Å². The second-order valence-electron chi connectivity index (χ2n) is 2.37. The van der Waals surface area contributed by atoms with Crippen LogP contribution in [0.5, 0.6) is 0 Å². The number of hydrogen-bond donors (Lipinski definition) is 2. The summed E-state index contributed by atoms with van der Waals surface area (Å²) in [5.74, 6) is 0. The second-order valence-corrected chi connectivity index (χ2v) is 4.71. The molecular formula is C5H12ClNO3S. The molecule has 0 aliphatic heterocycles. The maximum atomic E-state index is 10.8. The fourth-order valence-corrected chi connectivity index (χ4v) is 1.43. The fourth-order valence-electron chi connectivity index (χ4n) is 0.413. The van der Waals surface area contributed by atoms with Crippen LogP contribution in [0.4, 0.5) is 0 Å². The van der Waals surface area contributed by atoms with Crippen molar-refractivity contribution in [3.63, 3.8) is 0 Å². The first-order valence-electron chi connectivity index (χ1n) is 3.13. The van der Waals surface area contributed by atoms with Crippen LogP contribution < -0.4 is 4.72 Å². The van der Waals surface area contributed by atoms with Crippen LogP contribution in [0.1, 0.15) is 13.8 Å². The average Bonchev–Trinajstić information content (AvgIpc) is 1.87. The van der Waals surface area contributed by atoms with Crippen LogP contribution in [-0.2, 0) is 10.0 Å². The quantitative estimate of drug-likeness (QED) is 0.623. The van der Waals surface area contributed by atoms with Gasteiger partial charge in [-0.3, -0.25) is 0 Å². The van der Waals surface area contributed by atoms with E-state index in [0.717, 1.165) is 0 Å². The van der Waals surface area contributed by atoms with Crippen molar-refractivity contribution in [1.82, 2.24) is 4.72 Å². The molecule has 0 bridgehead atoms. The molecule has 0 radical (unpaired) electrons. The van der Waals surface area contributed by atoms with Gasteiger partial charge in [0.25, 0.3) is 0 Å². The maximum absolute atomic E-state index is 10.8. The molecule has 4 nitrogen and oxygen atoms in total. The van der Waals surface area contributed by atoms with Crippen LogP contribution in [0.2, 0.25) is 0 Å². The van der Waals surface area contributed by atoms with Crippen molar-refractivity contribution in [2.75, 3.05) is 5.21 Å². The number of aliphatic hydroxyl groups excluding tert-OH is 1. The average molecular weight is 202 g/mol. The highest BCUT2D eigenvalue weighted by molar-refractivity contribution is 7.90. The molecule has 2 N–H and O–H groups in total. The summed E-state index contributed by atoms with van der Waals surface area (Å²) in [5, 5.41) is 8.43. The minimum absolute atomic E-state index is 0.482. The van der Waals surface area contributed by atoms with E-state index in [2.05, 4.69) is 4.72 Å². The normalized spacial score (nSPS) is 17.8. The minimum atomic E-state index is -3.41. The van der Waals surface area contributed by atoms with Gasteiger partial charge in [0.2, 0.25) is 10.0 Å². The molecule has 0 rings (SSSR count). The van der Waals surface area contributed by atoms with Crippen LogP contribution in [0.25, 0.3) is 0 Å². The molecule has 0 amide bonds. The maximum Gasteiger partial charge on any atom is 0.225 e. The summed E-state index contributed by atoms with van der Waals surface area (Å²) in [5.41, 5.74) is 0. The summed E-state index contributed by atoms with van der Waals surface area (Å²) < 4.78 is 23.7. The van der Waals surface area contributed by atoms with Crippen LogP contribution in [0.15, 0.2) is 0 Å². The summed E-state index contributed by atoms with van der Waals surface area (Å²) in [6.45, 7) is 3.07. The van der Waals surface area contributed by atoms with Crippen molar-refractivity contribution in [2.45, 2.75) is 26.0 Å².